The smallest absolute Gasteiger partial charge is 0.280 e. The SMILES string of the molecule is COc1ccnc2c(=O)n(C)c(-c3ccc(OC4CCN(C5CCC5)CC4)cc3)nc12. The van der Waals surface area contributed by atoms with Crippen LogP contribution < -0.4 is 15.0 Å². The van der Waals surface area contributed by atoms with E-state index < -0.39 is 0 Å². The van der Waals surface area contributed by atoms with Crippen molar-refractivity contribution in [2.45, 2.75) is 44.2 Å². The van der Waals surface area contributed by atoms with Gasteiger partial charge in [-0.15, -0.1) is 0 Å². The van der Waals surface area contributed by atoms with Crippen molar-refractivity contribution in [2.75, 3.05) is 20.2 Å². The molecule has 0 spiro atoms. The molecule has 31 heavy (non-hydrogen) atoms. The Morgan fingerprint density at radius 2 is 1.74 bits per heavy atom. The Morgan fingerprint density at radius 1 is 1.00 bits per heavy atom. The van der Waals surface area contributed by atoms with Gasteiger partial charge in [-0.1, -0.05) is 6.42 Å². The summed E-state index contributed by atoms with van der Waals surface area (Å²) >= 11 is 0. The number of hydrogen-bond donors (Lipinski definition) is 0. The molecule has 1 aliphatic carbocycles. The minimum Gasteiger partial charge on any atom is -0.494 e. The first kappa shape index (κ1) is 20.0. The summed E-state index contributed by atoms with van der Waals surface area (Å²) in [5.41, 5.74) is 1.43. The molecule has 2 fully saturated rings. The molecule has 7 nitrogen and oxygen atoms in total. The van der Waals surface area contributed by atoms with Gasteiger partial charge in [0, 0.05) is 44.0 Å². The predicted molar refractivity (Wildman–Crippen MR) is 120 cm³/mol. The first-order valence-corrected chi connectivity index (χ1v) is 11.0. The molecular formula is C24H28N4O3. The number of methoxy groups -OCH3 is 1. The highest BCUT2D eigenvalue weighted by molar-refractivity contribution is 5.81. The first-order valence-electron chi connectivity index (χ1n) is 11.0. The molecule has 1 aliphatic heterocycles. The van der Waals surface area contributed by atoms with Crippen LogP contribution in [0.1, 0.15) is 32.1 Å². The number of likely N-dealkylation sites (tertiary alicyclic amines) is 1. The lowest BCUT2D eigenvalue weighted by atomic mass is 9.90. The molecule has 0 bridgehead atoms. The van der Waals surface area contributed by atoms with Gasteiger partial charge in [-0.3, -0.25) is 9.36 Å². The van der Waals surface area contributed by atoms with Gasteiger partial charge in [0.25, 0.3) is 5.56 Å². The Kier molecular flexibility index (Phi) is 5.36. The van der Waals surface area contributed by atoms with Crippen LogP contribution in [0, 0.1) is 0 Å². The van der Waals surface area contributed by atoms with Gasteiger partial charge in [0.05, 0.1) is 7.11 Å². The van der Waals surface area contributed by atoms with E-state index in [1.807, 2.05) is 24.3 Å². The lowest BCUT2D eigenvalue weighted by molar-refractivity contribution is 0.0493. The molecule has 1 saturated carbocycles. The third-order valence-electron chi connectivity index (χ3n) is 6.63. The van der Waals surface area contributed by atoms with Crippen LogP contribution in [-0.4, -0.2) is 51.8 Å². The minimum absolute atomic E-state index is 0.197. The van der Waals surface area contributed by atoms with Crippen LogP contribution in [0.4, 0.5) is 0 Å². The molecular weight excluding hydrogens is 392 g/mol. The standard InChI is InChI=1S/C24H28N4O3/c1-27-23(26-21-20(30-2)10-13-25-22(21)24(27)29)16-6-8-18(9-7-16)31-19-11-14-28(15-12-19)17-4-3-5-17/h6-10,13,17,19H,3-5,11-12,14-15H2,1-2H3. The van der Waals surface area contributed by atoms with E-state index in [1.165, 1.54) is 23.8 Å². The molecule has 0 amide bonds. The Labute approximate surface area is 181 Å². The van der Waals surface area contributed by atoms with E-state index in [-0.39, 0.29) is 11.7 Å². The number of piperidine rings is 1. The normalized spacial score (nSPS) is 18.1. The fraction of sp³-hybridized carbons (Fsp3) is 0.458. The number of fused-ring (bicyclic) bond motifs is 1. The van der Waals surface area contributed by atoms with Crippen LogP contribution in [0.2, 0.25) is 0 Å². The maximum atomic E-state index is 12.8. The number of aromatic nitrogens is 3. The fourth-order valence-electron chi connectivity index (χ4n) is 4.55. The van der Waals surface area contributed by atoms with Crippen LogP contribution in [0.3, 0.4) is 0 Å². The second kappa shape index (κ2) is 8.30. The maximum Gasteiger partial charge on any atom is 0.280 e. The third-order valence-corrected chi connectivity index (χ3v) is 6.63. The third kappa shape index (κ3) is 3.78. The Hall–Kier alpha value is -2.93. The number of rotatable bonds is 5. The largest absolute Gasteiger partial charge is 0.494 e. The van der Waals surface area contributed by atoms with Crippen molar-refractivity contribution in [3.8, 4) is 22.9 Å². The molecule has 1 saturated heterocycles. The molecule has 0 N–H and O–H groups in total. The quantitative estimate of drug-likeness (QED) is 0.630. The van der Waals surface area contributed by atoms with E-state index in [2.05, 4.69) is 14.9 Å². The zero-order valence-corrected chi connectivity index (χ0v) is 18.1. The second-order valence-corrected chi connectivity index (χ2v) is 8.47. The topological polar surface area (TPSA) is 69.5 Å². The monoisotopic (exact) mass is 420 g/mol. The zero-order chi connectivity index (χ0) is 21.4. The van der Waals surface area contributed by atoms with Gasteiger partial charge in [0.1, 0.15) is 28.9 Å². The van der Waals surface area contributed by atoms with Crippen LogP contribution >= 0.6 is 0 Å². The van der Waals surface area contributed by atoms with E-state index >= 15 is 0 Å². The summed E-state index contributed by atoms with van der Waals surface area (Å²) in [6.45, 7) is 2.26. The zero-order valence-electron chi connectivity index (χ0n) is 18.1. The lowest BCUT2D eigenvalue weighted by Crippen LogP contribution is -2.46. The van der Waals surface area contributed by atoms with Gasteiger partial charge in [-0.25, -0.2) is 9.97 Å². The molecule has 0 radical (unpaired) electrons. The minimum atomic E-state index is -0.197. The van der Waals surface area contributed by atoms with Gasteiger partial charge in [-0.2, -0.15) is 0 Å². The van der Waals surface area contributed by atoms with Gasteiger partial charge in [0.2, 0.25) is 0 Å². The molecule has 3 heterocycles. The summed E-state index contributed by atoms with van der Waals surface area (Å²) in [6, 6.07) is 10.4. The average molecular weight is 421 g/mol. The number of ether oxygens (including phenoxy) is 2. The van der Waals surface area contributed by atoms with Gasteiger partial charge < -0.3 is 14.4 Å². The molecule has 7 heteroatoms. The van der Waals surface area contributed by atoms with Gasteiger partial charge in [0.15, 0.2) is 5.52 Å². The van der Waals surface area contributed by atoms with E-state index in [1.54, 1.807) is 26.4 Å². The van der Waals surface area contributed by atoms with E-state index in [9.17, 15) is 4.79 Å². The van der Waals surface area contributed by atoms with Crippen molar-refractivity contribution in [2.24, 2.45) is 7.05 Å². The van der Waals surface area contributed by atoms with Crippen molar-refractivity contribution >= 4 is 11.0 Å². The molecule has 3 aromatic rings. The van der Waals surface area contributed by atoms with E-state index in [4.69, 9.17) is 9.47 Å². The number of benzene rings is 1. The van der Waals surface area contributed by atoms with Crippen molar-refractivity contribution < 1.29 is 9.47 Å². The average Bonchev–Trinajstić information content (AvgIpc) is 2.76. The van der Waals surface area contributed by atoms with Gasteiger partial charge in [-0.05, 0) is 49.9 Å². The van der Waals surface area contributed by atoms with Gasteiger partial charge >= 0.3 is 0 Å². The van der Waals surface area contributed by atoms with Crippen LogP contribution in [0.15, 0.2) is 41.3 Å². The highest BCUT2D eigenvalue weighted by Crippen LogP contribution is 2.29. The highest BCUT2D eigenvalue weighted by Gasteiger charge is 2.29. The van der Waals surface area contributed by atoms with Crippen molar-refractivity contribution in [1.82, 2.24) is 19.4 Å². The molecule has 5 rings (SSSR count). The van der Waals surface area contributed by atoms with E-state index in [0.717, 1.165) is 43.3 Å². The summed E-state index contributed by atoms with van der Waals surface area (Å²) in [5.74, 6) is 1.97. The van der Waals surface area contributed by atoms with Crippen molar-refractivity contribution in [3.05, 3.63) is 46.9 Å². The van der Waals surface area contributed by atoms with Crippen LogP contribution in [0.5, 0.6) is 11.5 Å². The summed E-state index contributed by atoms with van der Waals surface area (Å²) in [4.78, 5) is 24.3. The number of nitrogens with zero attached hydrogens (tertiary/aromatic N) is 4. The fourth-order valence-corrected chi connectivity index (χ4v) is 4.55. The van der Waals surface area contributed by atoms with Crippen molar-refractivity contribution in [3.63, 3.8) is 0 Å². The Morgan fingerprint density at radius 3 is 2.39 bits per heavy atom. The first-order chi connectivity index (χ1) is 15.1. The maximum absolute atomic E-state index is 12.8. The number of hydrogen-bond acceptors (Lipinski definition) is 6. The molecule has 0 unspecified atom stereocenters. The molecule has 1 aromatic carbocycles. The highest BCUT2D eigenvalue weighted by atomic mass is 16.5. The summed E-state index contributed by atoms with van der Waals surface area (Å²) < 4.78 is 13.1. The van der Waals surface area contributed by atoms with Crippen LogP contribution in [-0.2, 0) is 7.05 Å². The lowest BCUT2D eigenvalue weighted by Gasteiger charge is -2.41. The molecule has 2 aliphatic rings. The summed E-state index contributed by atoms with van der Waals surface area (Å²) in [7, 11) is 3.28. The second-order valence-electron chi connectivity index (χ2n) is 8.47. The van der Waals surface area contributed by atoms with Crippen LogP contribution in [0.25, 0.3) is 22.4 Å². The van der Waals surface area contributed by atoms with E-state index in [0.29, 0.717) is 22.6 Å². The molecule has 2 aromatic heterocycles. The summed E-state index contributed by atoms with van der Waals surface area (Å²) in [6.07, 6.45) is 8.08. The Balaban J connectivity index is 1.34. The van der Waals surface area contributed by atoms with Crippen molar-refractivity contribution in [1.29, 1.82) is 0 Å². The predicted octanol–water partition coefficient (Wildman–Crippen LogP) is 3.40. The Bertz CT molecular complexity index is 1130. The summed E-state index contributed by atoms with van der Waals surface area (Å²) in [5, 5.41) is 0. The molecule has 162 valence electrons. The molecule has 0 atom stereocenters. The number of pyridine rings is 1.